The van der Waals surface area contributed by atoms with Crippen molar-refractivity contribution in [1.29, 1.82) is 0 Å². The van der Waals surface area contributed by atoms with Crippen LogP contribution in [0.2, 0.25) is 10.0 Å². The van der Waals surface area contributed by atoms with Gasteiger partial charge >= 0.3 is 5.97 Å². The van der Waals surface area contributed by atoms with Gasteiger partial charge in [0.15, 0.2) is 6.61 Å². The van der Waals surface area contributed by atoms with Gasteiger partial charge in [-0.25, -0.2) is 9.48 Å². The fraction of sp³-hybridized carbons (Fsp3) is 0.286. The fourth-order valence-electron chi connectivity index (χ4n) is 3.11. The minimum Gasteiger partial charge on any atom is -0.452 e. The number of carbonyl (C=O) groups is 2. The van der Waals surface area contributed by atoms with Crippen molar-refractivity contribution in [2.24, 2.45) is 0 Å². The molecule has 2 aromatic carbocycles. The molecule has 0 aliphatic heterocycles. The second-order valence-corrected chi connectivity index (χ2v) is 7.68. The van der Waals surface area contributed by atoms with Crippen LogP contribution in [0.5, 0.6) is 0 Å². The van der Waals surface area contributed by atoms with Crippen molar-refractivity contribution < 1.29 is 14.3 Å². The van der Waals surface area contributed by atoms with Crippen LogP contribution in [0, 0.1) is 0 Å². The highest BCUT2D eigenvalue weighted by Gasteiger charge is 2.17. The van der Waals surface area contributed by atoms with Crippen molar-refractivity contribution in [3.05, 3.63) is 70.0 Å². The Bertz CT molecular complexity index is 1040. The third-order valence-electron chi connectivity index (χ3n) is 4.61. The van der Waals surface area contributed by atoms with E-state index in [2.05, 4.69) is 27.8 Å². The molecule has 0 fully saturated rings. The molecule has 162 valence electrons. The summed E-state index contributed by atoms with van der Waals surface area (Å²) in [6.07, 6.45) is 3.18. The Hall–Kier alpha value is -2.97. The van der Waals surface area contributed by atoms with Crippen LogP contribution >= 0.6 is 23.2 Å². The second-order valence-electron chi connectivity index (χ2n) is 6.84. The van der Waals surface area contributed by atoms with Gasteiger partial charge in [0, 0.05) is 22.5 Å². The molecule has 0 spiro atoms. The van der Waals surface area contributed by atoms with E-state index >= 15 is 0 Å². The van der Waals surface area contributed by atoms with Crippen molar-refractivity contribution in [2.75, 3.05) is 13.2 Å². The van der Waals surface area contributed by atoms with Gasteiger partial charge in [-0.05, 0) is 52.7 Å². The van der Waals surface area contributed by atoms with Gasteiger partial charge in [-0.15, -0.1) is 5.10 Å². The van der Waals surface area contributed by atoms with Crippen LogP contribution in [0.15, 0.2) is 48.8 Å². The number of hydrogen-bond donors (Lipinski definition) is 1. The Morgan fingerprint density at radius 1 is 1.19 bits per heavy atom. The van der Waals surface area contributed by atoms with Crippen molar-refractivity contribution in [2.45, 2.75) is 25.7 Å². The summed E-state index contributed by atoms with van der Waals surface area (Å²) in [7, 11) is 0. The summed E-state index contributed by atoms with van der Waals surface area (Å²) in [5.74, 6) is -0.977. The van der Waals surface area contributed by atoms with Crippen LogP contribution in [-0.4, -0.2) is 45.2 Å². The SMILES string of the molecule is CCC[C@@H](CNC(=O)COC(=O)c1cccc(-n2cnnn2)c1)c1ccc(Cl)cc1Cl. The molecule has 3 aromatic rings. The molecule has 1 N–H and O–H groups in total. The highest BCUT2D eigenvalue weighted by molar-refractivity contribution is 6.35. The number of halogens is 2. The standard InChI is InChI=1S/C21H21Cl2N5O3/c1-2-4-15(18-8-7-16(22)10-19(18)23)11-24-20(29)12-31-21(30)14-5-3-6-17(9-14)28-13-25-26-27-28/h3,5-10,13,15H,2,4,11-12H2,1H3,(H,24,29)/t15-/m0/s1. The van der Waals surface area contributed by atoms with Crippen LogP contribution in [0.25, 0.3) is 5.69 Å². The largest absolute Gasteiger partial charge is 0.452 e. The number of rotatable bonds is 9. The average Bonchev–Trinajstić information content (AvgIpc) is 3.30. The highest BCUT2D eigenvalue weighted by Crippen LogP contribution is 2.30. The van der Waals surface area contributed by atoms with Gasteiger partial charge in [-0.3, -0.25) is 4.79 Å². The van der Waals surface area contributed by atoms with Crippen molar-refractivity contribution in [1.82, 2.24) is 25.5 Å². The Balaban J connectivity index is 1.54. The van der Waals surface area contributed by atoms with Gasteiger partial charge < -0.3 is 10.1 Å². The molecule has 8 nitrogen and oxygen atoms in total. The monoisotopic (exact) mass is 461 g/mol. The quantitative estimate of drug-likeness (QED) is 0.486. The Morgan fingerprint density at radius 3 is 2.74 bits per heavy atom. The molecule has 31 heavy (non-hydrogen) atoms. The number of tetrazole rings is 1. The molecular formula is C21H21Cl2N5O3. The minimum absolute atomic E-state index is 0.0300. The third kappa shape index (κ3) is 6.26. The third-order valence-corrected chi connectivity index (χ3v) is 5.18. The van der Waals surface area contributed by atoms with E-state index in [1.807, 2.05) is 6.07 Å². The number of carbonyl (C=O) groups excluding carboxylic acids is 2. The molecule has 1 amide bonds. The Morgan fingerprint density at radius 2 is 2.03 bits per heavy atom. The van der Waals surface area contributed by atoms with E-state index in [0.29, 0.717) is 22.3 Å². The van der Waals surface area contributed by atoms with Gasteiger partial charge in [-0.1, -0.05) is 48.7 Å². The summed E-state index contributed by atoms with van der Waals surface area (Å²) in [6.45, 7) is 2.05. The summed E-state index contributed by atoms with van der Waals surface area (Å²) >= 11 is 12.3. The van der Waals surface area contributed by atoms with Gasteiger partial charge in [0.2, 0.25) is 0 Å². The number of hydrogen-bond acceptors (Lipinski definition) is 6. The topological polar surface area (TPSA) is 99.0 Å². The summed E-state index contributed by atoms with van der Waals surface area (Å²) < 4.78 is 6.56. The zero-order valence-corrected chi connectivity index (χ0v) is 18.3. The zero-order valence-electron chi connectivity index (χ0n) is 16.8. The first-order chi connectivity index (χ1) is 15.0. The number of nitrogens with zero attached hydrogens (tertiary/aromatic N) is 4. The number of benzene rings is 2. The number of ether oxygens (including phenoxy) is 1. The normalized spacial score (nSPS) is 11.7. The molecule has 0 bridgehead atoms. The predicted octanol–water partition coefficient (Wildman–Crippen LogP) is 3.83. The summed E-state index contributed by atoms with van der Waals surface area (Å²) in [5.41, 5.74) is 1.81. The van der Waals surface area contributed by atoms with E-state index in [0.717, 1.165) is 18.4 Å². The molecule has 1 aromatic heterocycles. The first kappa shape index (κ1) is 22.7. The fourth-order valence-corrected chi connectivity index (χ4v) is 3.67. The summed E-state index contributed by atoms with van der Waals surface area (Å²) in [6, 6.07) is 11.9. The van der Waals surface area contributed by atoms with E-state index in [9.17, 15) is 9.59 Å². The molecule has 1 atom stereocenters. The average molecular weight is 462 g/mol. The lowest BCUT2D eigenvalue weighted by molar-refractivity contribution is -0.124. The first-order valence-corrected chi connectivity index (χ1v) is 10.5. The Kier molecular flexibility index (Phi) is 7.97. The van der Waals surface area contributed by atoms with Crippen LogP contribution in [0.3, 0.4) is 0 Å². The summed E-state index contributed by atoms with van der Waals surface area (Å²) in [4.78, 5) is 24.6. The number of aromatic nitrogens is 4. The smallest absolute Gasteiger partial charge is 0.338 e. The first-order valence-electron chi connectivity index (χ1n) is 9.70. The van der Waals surface area contributed by atoms with Crippen LogP contribution < -0.4 is 5.32 Å². The number of nitrogens with one attached hydrogen (secondary N) is 1. The number of amides is 1. The van der Waals surface area contributed by atoms with Crippen molar-refractivity contribution in [3.8, 4) is 5.69 Å². The van der Waals surface area contributed by atoms with Crippen molar-refractivity contribution in [3.63, 3.8) is 0 Å². The lowest BCUT2D eigenvalue weighted by Gasteiger charge is -2.19. The highest BCUT2D eigenvalue weighted by atomic mass is 35.5. The van der Waals surface area contributed by atoms with E-state index < -0.39 is 11.9 Å². The maximum Gasteiger partial charge on any atom is 0.338 e. The molecule has 0 saturated carbocycles. The van der Waals surface area contributed by atoms with E-state index in [1.165, 1.54) is 11.0 Å². The van der Waals surface area contributed by atoms with Gasteiger partial charge in [0.25, 0.3) is 5.91 Å². The minimum atomic E-state index is -0.615. The molecule has 0 aliphatic carbocycles. The molecule has 1 heterocycles. The van der Waals surface area contributed by atoms with Gasteiger partial charge in [0.05, 0.1) is 11.3 Å². The second kappa shape index (κ2) is 10.9. The molecule has 3 rings (SSSR count). The van der Waals surface area contributed by atoms with Crippen LogP contribution in [0.1, 0.15) is 41.6 Å². The predicted molar refractivity (Wildman–Crippen MR) is 117 cm³/mol. The molecule has 0 saturated heterocycles. The van der Waals surface area contributed by atoms with E-state index in [1.54, 1.807) is 36.4 Å². The maximum absolute atomic E-state index is 12.3. The van der Waals surface area contributed by atoms with Crippen LogP contribution in [0.4, 0.5) is 0 Å². The van der Waals surface area contributed by atoms with Crippen molar-refractivity contribution >= 4 is 35.1 Å². The maximum atomic E-state index is 12.3. The lowest BCUT2D eigenvalue weighted by atomic mass is 9.94. The van der Waals surface area contributed by atoms with Crippen LogP contribution in [-0.2, 0) is 9.53 Å². The van der Waals surface area contributed by atoms with Gasteiger partial charge in [-0.2, -0.15) is 0 Å². The molecular weight excluding hydrogens is 441 g/mol. The van der Waals surface area contributed by atoms with Gasteiger partial charge in [0.1, 0.15) is 6.33 Å². The molecule has 10 heteroatoms. The molecule has 0 unspecified atom stereocenters. The molecule has 0 radical (unpaired) electrons. The summed E-state index contributed by atoms with van der Waals surface area (Å²) in [5, 5.41) is 14.8. The number of esters is 1. The Labute approximate surface area is 189 Å². The lowest BCUT2D eigenvalue weighted by Crippen LogP contribution is -2.32. The molecule has 0 aliphatic rings. The van der Waals surface area contributed by atoms with E-state index in [4.69, 9.17) is 27.9 Å². The van der Waals surface area contributed by atoms with E-state index in [-0.39, 0.29) is 18.1 Å². The zero-order chi connectivity index (χ0) is 22.2.